The normalized spacial score (nSPS) is 10.0. The first-order valence-corrected chi connectivity index (χ1v) is 4.83. The number of aromatic nitrogens is 2. The first-order chi connectivity index (χ1) is 6.30. The number of hydrogen-bond donors (Lipinski definition) is 2. The molecule has 0 bridgehead atoms. The second kappa shape index (κ2) is 5.47. The molecule has 0 fully saturated rings. The summed E-state index contributed by atoms with van der Waals surface area (Å²) in [6.07, 6.45) is 5.06. The van der Waals surface area contributed by atoms with E-state index in [1.165, 1.54) is 0 Å². The van der Waals surface area contributed by atoms with Gasteiger partial charge in [0.25, 0.3) is 0 Å². The van der Waals surface area contributed by atoms with Gasteiger partial charge >= 0.3 is 10.4 Å². The fourth-order valence-electron chi connectivity index (χ4n) is 0.522. The molecule has 0 aromatic carbocycles. The van der Waals surface area contributed by atoms with Gasteiger partial charge in [-0.05, 0) is 0 Å². The number of hydrogen-bond acceptors (Lipinski definition) is 5. The maximum absolute atomic E-state index is 8.74. The van der Waals surface area contributed by atoms with Crippen LogP contribution in [0.1, 0.15) is 0 Å². The van der Waals surface area contributed by atoms with Crippen LogP contribution in [-0.2, 0) is 10.4 Å². The summed E-state index contributed by atoms with van der Waals surface area (Å²) in [6, 6.07) is 0. The Hall–Kier alpha value is -1.25. The molecule has 0 atom stereocenters. The molecule has 8 heteroatoms. The summed E-state index contributed by atoms with van der Waals surface area (Å²) in [5, 5.41) is 0. The molecule has 0 aliphatic carbocycles. The van der Waals surface area contributed by atoms with Gasteiger partial charge in [0.05, 0.1) is 6.20 Å². The standard InChI is InChI=1S/C6H9N3.H2O4S/c1-9(2)6-5-7-3-4-8-6;1-5(2,3)4/h3-5H,1-2H3;(H2,1,2,3,4). The Labute approximate surface area is 82.0 Å². The van der Waals surface area contributed by atoms with Crippen molar-refractivity contribution in [3.05, 3.63) is 18.6 Å². The van der Waals surface area contributed by atoms with Crippen LogP contribution in [-0.4, -0.2) is 41.6 Å². The number of rotatable bonds is 1. The van der Waals surface area contributed by atoms with Gasteiger partial charge in [-0.3, -0.25) is 14.1 Å². The van der Waals surface area contributed by atoms with Gasteiger partial charge in [-0.25, -0.2) is 4.98 Å². The van der Waals surface area contributed by atoms with E-state index in [-0.39, 0.29) is 0 Å². The van der Waals surface area contributed by atoms with Gasteiger partial charge in [0.1, 0.15) is 5.82 Å². The van der Waals surface area contributed by atoms with Crippen molar-refractivity contribution in [2.75, 3.05) is 19.0 Å². The molecule has 0 amide bonds. The Kier molecular flexibility index (Phi) is 4.99. The molecule has 0 spiro atoms. The van der Waals surface area contributed by atoms with Crippen molar-refractivity contribution in [1.82, 2.24) is 9.97 Å². The molecule has 0 saturated heterocycles. The monoisotopic (exact) mass is 221 g/mol. The van der Waals surface area contributed by atoms with E-state index in [4.69, 9.17) is 17.5 Å². The van der Waals surface area contributed by atoms with Crippen LogP contribution in [0.15, 0.2) is 18.6 Å². The summed E-state index contributed by atoms with van der Waals surface area (Å²) in [6.45, 7) is 0. The molecule has 1 aromatic rings. The summed E-state index contributed by atoms with van der Waals surface area (Å²) in [5.74, 6) is 0.887. The van der Waals surface area contributed by atoms with Gasteiger partial charge in [-0.15, -0.1) is 0 Å². The zero-order valence-electron chi connectivity index (χ0n) is 7.69. The highest BCUT2D eigenvalue weighted by Gasteiger charge is 1.90. The van der Waals surface area contributed by atoms with E-state index in [2.05, 4.69) is 9.97 Å². The Balaban J connectivity index is 0.000000292. The zero-order chi connectivity index (χ0) is 11.2. The highest BCUT2D eigenvalue weighted by atomic mass is 32.3. The number of nitrogens with zero attached hydrogens (tertiary/aromatic N) is 3. The van der Waals surface area contributed by atoms with Crippen LogP contribution in [0.25, 0.3) is 0 Å². The fraction of sp³-hybridized carbons (Fsp3) is 0.333. The van der Waals surface area contributed by atoms with Gasteiger partial charge in [-0.2, -0.15) is 8.42 Å². The summed E-state index contributed by atoms with van der Waals surface area (Å²) >= 11 is 0. The predicted molar refractivity (Wildman–Crippen MR) is 50.5 cm³/mol. The van der Waals surface area contributed by atoms with Gasteiger partial charge in [0.15, 0.2) is 0 Å². The first-order valence-electron chi connectivity index (χ1n) is 3.44. The van der Waals surface area contributed by atoms with Gasteiger partial charge < -0.3 is 4.90 Å². The van der Waals surface area contributed by atoms with Crippen LogP contribution in [0.5, 0.6) is 0 Å². The zero-order valence-corrected chi connectivity index (χ0v) is 8.51. The molecule has 1 rings (SSSR count). The molecule has 1 aromatic heterocycles. The Morgan fingerprint density at radius 3 is 2.00 bits per heavy atom. The molecule has 80 valence electrons. The molecule has 2 N–H and O–H groups in total. The lowest BCUT2D eigenvalue weighted by Gasteiger charge is -2.08. The van der Waals surface area contributed by atoms with E-state index >= 15 is 0 Å². The highest BCUT2D eigenvalue weighted by Crippen LogP contribution is 1.99. The smallest absolute Gasteiger partial charge is 0.361 e. The molecule has 7 nitrogen and oxygen atoms in total. The average molecular weight is 221 g/mol. The number of anilines is 1. The van der Waals surface area contributed by atoms with Crippen molar-refractivity contribution < 1.29 is 17.5 Å². The van der Waals surface area contributed by atoms with Crippen molar-refractivity contribution in [2.45, 2.75) is 0 Å². The van der Waals surface area contributed by atoms with Gasteiger partial charge in [0.2, 0.25) is 0 Å². The lowest BCUT2D eigenvalue weighted by Crippen LogP contribution is -2.10. The lowest BCUT2D eigenvalue weighted by atomic mass is 10.6. The van der Waals surface area contributed by atoms with E-state index in [1.807, 2.05) is 19.0 Å². The maximum Gasteiger partial charge on any atom is 0.394 e. The third-order valence-corrected chi connectivity index (χ3v) is 1.01. The molecule has 0 aliphatic rings. The SMILES string of the molecule is CN(C)c1cnccn1.O=S(=O)(O)O. The Morgan fingerprint density at radius 2 is 1.79 bits per heavy atom. The van der Waals surface area contributed by atoms with Crippen molar-refractivity contribution in [1.29, 1.82) is 0 Å². The largest absolute Gasteiger partial charge is 0.394 e. The molecule has 14 heavy (non-hydrogen) atoms. The fourth-order valence-corrected chi connectivity index (χ4v) is 0.522. The lowest BCUT2D eigenvalue weighted by molar-refractivity contribution is 0.381. The Bertz CT molecular complexity index is 343. The van der Waals surface area contributed by atoms with E-state index in [0.717, 1.165) is 5.82 Å². The van der Waals surface area contributed by atoms with Gasteiger partial charge in [-0.1, -0.05) is 0 Å². The van der Waals surface area contributed by atoms with Gasteiger partial charge in [0, 0.05) is 26.5 Å². The minimum absolute atomic E-state index is 0.887. The van der Waals surface area contributed by atoms with Crippen molar-refractivity contribution in [3.8, 4) is 0 Å². The predicted octanol–water partition coefficient (Wildman–Crippen LogP) is -0.110. The molecule has 0 radical (unpaired) electrons. The van der Waals surface area contributed by atoms with Crippen molar-refractivity contribution >= 4 is 16.2 Å². The van der Waals surface area contributed by atoms with Crippen molar-refractivity contribution in [3.63, 3.8) is 0 Å². The summed E-state index contributed by atoms with van der Waals surface area (Å²) in [7, 11) is -0.798. The average Bonchev–Trinajstić information content (AvgIpc) is 2.03. The summed E-state index contributed by atoms with van der Waals surface area (Å²) in [4.78, 5) is 9.85. The maximum atomic E-state index is 8.74. The molecule has 0 saturated carbocycles. The van der Waals surface area contributed by atoms with Crippen LogP contribution >= 0.6 is 0 Å². The van der Waals surface area contributed by atoms with E-state index < -0.39 is 10.4 Å². The summed E-state index contributed by atoms with van der Waals surface area (Å²) in [5.41, 5.74) is 0. The van der Waals surface area contributed by atoms with Crippen LogP contribution in [0.3, 0.4) is 0 Å². The molecular weight excluding hydrogens is 210 g/mol. The minimum Gasteiger partial charge on any atom is -0.361 e. The molecule has 1 heterocycles. The topological polar surface area (TPSA) is 104 Å². The quantitative estimate of drug-likeness (QED) is 0.637. The van der Waals surface area contributed by atoms with Crippen LogP contribution in [0.4, 0.5) is 5.82 Å². The minimum atomic E-state index is -4.67. The third kappa shape index (κ3) is 8.84. The van der Waals surface area contributed by atoms with Crippen LogP contribution in [0, 0.1) is 0 Å². The van der Waals surface area contributed by atoms with Crippen LogP contribution < -0.4 is 4.90 Å². The first kappa shape index (κ1) is 12.8. The third-order valence-electron chi connectivity index (χ3n) is 1.01. The second-order valence-electron chi connectivity index (χ2n) is 2.41. The molecule has 0 unspecified atom stereocenters. The van der Waals surface area contributed by atoms with E-state index in [1.54, 1.807) is 18.6 Å². The summed E-state index contributed by atoms with van der Waals surface area (Å²) < 4.78 is 31.6. The van der Waals surface area contributed by atoms with E-state index in [0.29, 0.717) is 0 Å². The van der Waals surface area contributed by atoms with E-state index in [9.17, 15) is 0 Å². The highest BCUT2D eigenvalue weighted by molar-refractivity contribution is 7.79. The second-order valence-corrected chi connectivity index (χ2v) is 3.30. The van der Waals surface area contributed by atoms with Crippen LogP contribution in [0.2, 0.25) is 0 Å². The molecular formula is C6H11N3O4S. The van der Waals surface area contributed by atoms with Crippen molar-refractivity contribution in [2.24, 2.45) is 0 Å². The molecule has 0 aliphatic heterocycles. The Morgan fingerprint density at radius 1 is 1.29 bits per heavy atom.